The Morgan fingerprint density at radius 1 is 0.909 bits per heavy atom. The number of ether oxygens (including phenoxy) is 4. The van der Waals surface area contributed by atoms with Crippen LogP contribution in [0.3, 0.4) is 0 Å². The molecule has 0 rings (SSSR count). The van der Waals surface area contributed by atoms with E-state index in [0.717, 1.165) is 0 Å². The molecule has 0 bridgehead atoms. The van der Waals surface area contributed by atoms with Crippen molar-refractivity contribution in [3.63, 3.8) is 0 Å². The van der Waals surface area contributed by atoms with Gasteiger partial charge in [0.2, 0.25) is 5.91 Å². The third-order valence-corrected chi connectivity index (χ3v) is 2.13. The Bertz CT molecular complexity index is 317. The lowest BCUT2D eigenvalue weighted by Gasteiger charge is -2.19. The van der Waals surface area contributed by atoms with E-state index in [1.165, 1.54) is 7.11 Å². The highest BCUT2D eigenvalue weighted by Gasteiger charge is 2.15. The molecule has 8 heteroatoms. The molecule has 0 saturated carbocycles. The molecule has 0 aliphatic carbocycles. The Hall–Kier alpha value is -1.38. The molecule has 0 aromatic rings. The van der Waals surface area contributed by atoms with Crippen LogP contribution >= 0.6 is 0 Å². The van der Waals surface area contributed by atoms with Crippen LogP contribution in [0.5, 0.6) is 0 Å². The topological polar surface area (TPSA) is 95.1 Å². The van der Waals surface area contributed by atoms with Crippen molar-refractivity contribution < 1.29 is 28.5 Å². The van der Waals surface area contributed by atoms with Crippen molar-refractivity contribution in [3.8, 4) is 0 Å². The van der Waals surface area contributed by atoms with E-state index in [0.29, 0.717) is 39.5 Å². The first-order chi connectivity index (χ1) is 10.3. The van der Waals surface area contributed by atoms with Crippen molar-refractivity contribution in [2.24, 2.45) is 0 Å². The van der Waals surface area contributed by atoms with Gasteiger partial charge in [0.1, 0.15) is 12.2 Å². The molecule has 130 valence electrons. The number of methoxy groups -OCH3 is 1. The average molecular weight is 320 g/mol. The molecule has 8 nitrogen and oxygen atoms in total. The first-order valence-electron chi connectivity index (χ1n) is 7.23. The number of nitrogens with one attached hydrogen (secondary N) is 2. The summed E-state index contributed by atoms with van der Waals surface area (Å²) in [7, 11) is 1.46. The summed E-state index contributed by atoms with van der Waals surface area (Å²) in [4.78, 5) is 22.3. The van der Waals surface area contributed by atoms with Crippen molar-refractivity contribution in [2.45, 2.75) is 26.4 Å². The van der Waals surface area contributed by atoms with Gasteiger partial charge in [-0.1, -0.05) is 0 Å². The maximum Gasteiger partial charge on any atom is 0.407 e. The van der Waals surface area contributed by atoms with Gasteiger partial charge in [-0.3, -0.25) is 4.79 Å². The highest BCUT2D eigenvalue weighted by atomic mass is 16.6. The standard InChI is InChI=1S/C14H28N2O6/c1-14(2,3)22-13(18)16-6-8-21-10-9-20-7-5-15-12(17)11-19-4/h5-11H2,1-4H3,(H,15,17)(H,16,18). The summed E-state index contributed by atoms with van der Waals surface area (Å²) >= 11 is 0. The minimum Gasteiger partial charge on any atom is -0.444 e. The van der Waals surface area contributed by atoms with Crippen LogP contribution < -0.4 is 10.6 Å². The normalized spacial score (nSPS) is 11.1. The summed E-state index contributed by atoms with van der Waals surface area (Å²) in [6.07, 6.45) is -0.459. The summed E-state index contributed by atoms with van der Waals surface area (Å²) < 4.78 is 20.3. The van der Waals surface area contributed by atoms with E-state index in [1.54, 1.807) is 20.8 Å². The van der Waals surface area contributed by atoms with Crippen LogP contribution in [0.1, 0.15) is 20.8 Å². The SMILES string of the molecule is COCC(=O)NCCOCCOCCNC(=O)OC(C)(C)C. The van der Waals surface area contributed by atoms with E-state index in [1.807, 2.05) is 0 Å². The summed E-state index contributed by atoms with van der Waals surface area (Å²) in [6.45, 7) is 7.91. The van der Waals surface area contributed by atoms with E-state index >= 15 is 0 Å². The summed E-state index contributed by atoms with van der Waals surface area (Å²) in [5.74, 6) is -0.171. The van der Waals surface area contributed by atoms with E-state index in [9.17, 15) is 9.59 Å². The zero-order chi connectivity index (χ0) is 16.8. The second kappa shape index (κ2) is 12.2. The molecule has 22 heavy (non-hydrogen) atoms. The van der Waals surface area contributed by atoms with E-state index in [4.69, 9.17) is 14.2 Å². The molecule has 2 amide bonds. The number of hydrogen-bond acceptors (Lipinski definition) is 6. The minimum absolute atomic E-state index is 0.0494. The lowest BCUT2D eigenvalue weighted by molar-refractivity contribution is -0.125. The lowest BCUT2D eigenvalue weighted by atomic mass is 10.2. The second-order valence-electron chi connectivity index (χ2n) is 5.44. The predicted molar refractivity (Wildman–Crippen MR) is 80.8 cm³/mol. The molecular formula is C14H28N2O6. The number of rotatable bonds is 11. The van der Waals surface area contributed by atoms with Gasteiger partial charge in [0.15, 0.2) is 0 Å². The fourth-order valence-electron chi connectivity index (χ4n) is 1.31. The monoisotopic (exact) mass is 320 g/mol. The van der Waals surface area contributed by atoms with Gasteiger partial charge >= 0.3 is 6.09 Å². The van der Waals surface area contributed by atoms with Gasteiger partial charge < -0.3 is 29.6 Å². The Kier molecular flexibility index (Phi) is 11.4. The highest BCUT2D eigenvalue weighted by Crippen LogP contribution is 2.05. The van der Waals surface area contributed by atoms with E-state index in [-0.39, 0.29) is 12.5 Å². The lowest BCUT2D eigenvalue weighted by Crippen LogP contribution is -2.34. The van der Waals surface area contributed by atoms with Gasteiger partial charge in [-0.05, 0) is 20.8 Å². The first-order valence-corrected chi connectivity index (χ1v) is 7.23. The van der Waals surface area contributed by atoms with Crippen LogP contribution in [0.2, 0.25) is 0 Å². The van der Waals surface area contributed by atoms with Crippen molar-refractivity contribution in [1.29, 1.82) is 0 Å². The minimum atomic E-state index is -0.503. The van der Waals surface area contributed by atoms with Crippen molar-refractivity contribution in [1.82, 2.24) is 10.6 Å². The van der Waals surface area contributed by atoms with Gasteiger partial charge in [0, 0.05) is 20.2 Å². The van der Waals surface area contributed by atoms with Crippen LogP contribution in [0.15, 0.2) is 0 Å². The summed E-state index contributed by atoms with van der Waals surface area (Å²) in [5, 5.41) is 5.22. The maximum absolute atomic E-state index is 11.3. The molecule has 0 saturated heterocycles. The summed E-state index contributed by atoms with van der Waals surface area (Å²) in [6, 6.07) is 0. The van der Waals surface area contributed by atoms with E-state index < -0.39 is 11.7 Å². The second-order valence-corrected chi connectivity index (χ2v) is 5.44. The number of alkyl carbamates (subject to hydrolysis) is 1. The van der Waals surface area contributed by atoms with Gasteiger partial charge in [-0.15, -0.1) is 0 Å². The van der Waals surface area contributed by atoms with Crippen LogP contribution in [0, 0.1) is 0 Å². The van der Waals surface area contributed by atoms with E-state index in [2.05, 4.69) is 15.4 Å². The fourth-order valence-corrected chi connectivity index (χ4v) is 1.31. The van der Waals surface area contributed by atoms with Gasteiger partial charge in [-0.2, -0.15) is 0 Å². The molecule has 0 heterocycles. The molecular weight excluding hydrogens is 292 g/mol. The maximum atomic E-state index is 11.3. The molecule has 0 unspecified atom stereocenters. The quantitative estimate of drug-likeness (QED) is 0.532. The number of hydrogen-bond donors (Lipinski definition) is 2. The Labute approximate surface area is 131 Å². The van der Waals surface area contributed by atoms with Crippen LogP contribution in [-0.4, -0.2) is 70.8 Å². The van der Waals surface area contributed by atoms with Gasteiger partial charge in [0.05, 0.1) is 26.4 Å². The van der Waals surface area contributed by atoms with Crippen molar-refractivity contribution in [3.05, 3.63) is 0 Å². The third-order valence-electron chi connectivity index (χ3n) is 2.13. The zero-order valence-electron chi connectivity index (χ0n) is 13.9. The zero-order valence-corrected chi connectivity index (χ0v) is 13.9. The van der Waals surface area contributed by atoms with Gasteiger partial charge in [-0.25, -0.2) is 4.79 Å². The molecule has 2 N–H and O–H groups in total. The van der Waals surface area contributed by atoms with Crippen LogP contribution in [0.25, 0.3) is 0 Å². The highest BCUT2D eigenvalue weighted by molar-refractivity contribution is 5.77. The van der Waals surface area contributed by atoms with Crippen molar-refractivity contribution >= 4 is 12.0 Å². The molecule has 0 fully saturated rings. The third kappa shape index (κ3) is 15.0. The molecule has 0 spiro atoms. The Balaban J connectivity index is 3.27. The van der Waals surface area contributed by atoms with Crippen molar-refractivity contribution in [2.75, 3.05) is 53.2 Å². The molecule has 0 atom stereocenters. The average Bonchev–Trinajstić information content (AvgIpc) is 2.39. The number of carbonyl (C=O) groups is 2. The molecule has 0 radical (unpaired) electrons. The number of amides is 2. The fraction of sp³-hybridized carbons (Fsp3) is 0.857. The molecule has 0 aromatic heterocycles. The predicted octanol–water partition coefficient (Wildman–Crippen LogP) is 0.307. The number of carbonyl (C=O) groups excluding carboxylic acids is 2. The smallest absolute Gasteiger partial charge is 0.407 e. The van der Waals surface area contributed by atoms with Crippen LogP contribution in [-0.2, 0) is 23.7 Å². The first kappa shape index (κ1) is 20.6. The Morgan fingerprint density at radius 2 is 1.45 bits per heavy atom. The molecule has 0 aliphatic heterocycles. The van der Waals surface area contributed by atoms with Crippen LogP contribution in [0.4, 0.5) is 4.79 Å². The van der Waals surface area contributed by atoms with Gasteiger partial charge in [0.25, 0.3) is 0 Å². The molecule has 0 aliphatic rings. The summed E-state index contributed by atoms with van der Waals surface area (Å²) in [5.41, 5.74) is -0.503. The largest absolute Gasteiger partial charge is 0.444 e. The Morgan fingerprint density at radius 3 is 1.95 bits per heavy atom. The molecule has 0 aromatic carbocycles.